The highest BCUT2D eigenvalue weighted by atomic mass is 35.5. The molecular weight excluding hydrogens is 258 g/mol. The molecule has 1 N–H and O–H groups in total. The first kappa shape index (κ1) is 16.3. The molecule has 3 heteroatoms. The number of para-hydroxylation sites is 1. The SMILES string of the molecule is CCC(CC)C(Cl)CNCCCOc1ccccc1. The van der Waals surface area contributed by atoms with Gasteiger partial charge >= 0.3 is 0 Å². The maximum absolute atomic E-state index is 6.36. The summed E-state index contributed by atoms with van der Waals surface area (Å²) in [5.74, 6) is 1.56. The van der Waals surface area contributed by atoms with Crippen LogP contribution in [0.4, 0.5) is 0 Å². The summed E-state index contributed by atoms with van der Waals surface area (Å²) in [6, 6.07) is 9.93. The lowest BCUT2D eigenvalue weighted by molar-refractivity contribution is 0.307. The van der Waals surface area contributed by atoms with Gasteiger partial charge in [-0.1, -0.05) is 44.9 Å². The Bertz CT molecular complexity index is 314. The van der Waals surface area contributed by atoms with Crippen molar-refractivity contribution in [2.45, 2.75) is 38.5 Å². The molecule has 0 spiro atoms. The molecule has 0 saturated heterocycles. The lowest BCUT2D eigenvalue weighted by atomic mass is 9.99. The molecular formula is C16H26ClNO. The predicted octanol–water partition coefficient (Wildman–Crippen LogP) is 4.09. The van der Waals surface area contributed by atoms with Crippen LogP contribution in [0.1, 0.15) is 33.1 Å². The molecule has 0 fully saturated rings. The van der Waals surface area contributed by atoms with Crippen LogP contribution in [-0.4, -0.2) is 25.1 Å². The number of benzene rings is 1. The van der Waals surface area contributed by atoms with E-state index in [-0.39, 0.29) is 5.38 Å². The fraction of sp³-hybridized carbons (Fsp3) is 0.625. The number of nitrogens with one attached hydrogen (secondary N) is 1. The summed E-state index contributed by atoms with van der Waals surface area (Å²) >= 11 is 6.36. The van der Waals surface area contributed by atoms with Gasteiger partial charge in [-0.05, 0) is 31.0 Å². The summed E-state index contributed by atoms with van der Waals surface area (Å²) in [7, 11) is 0. The van der Waals surface area contributed by atoms with E-state index in [1.807, 2.05) is 30.3 Å². The Kier molecular flexibility index (Phi) is 8.68. The Hall–Kier alpha value is -0.730. The maximum Gasteiger partial charge on any atom is 0.119 e. The van der Waals surface area contributed by atoms with E-state index in [0.717, 1.165) is 44.7 Å². The Morgan fingerprint density at radius 2 is 1.84 bits per heavy atom. The molecule has 0 aliphatic heterocycles. The largest absolute Gasteiger partial charge is 0.494 e. The minimum atomic E-state index is 0.241. The van der Waals surface area contributed by atoms with Crippen LogP contribution in [0.2, 0.25) is 0 Å². The number of rotatable bonds is 10. The van der Waals surface area contributed by atoms with Gasteiger partial charge in [-0.15, -0.1) is 11.6 Å². The van der Waals surface area contributed by atoms with Crippen molar-refractivity contribution in [1.82, 2.24) is 5.32 Å². The van der Waals surface area contributed by atoms with Gasteiger partial charge < -0.3 is 10.1 Å². The van der Waals surface area contributed by atoms with Gasteiger partial charge in [0, 0.05) is 11.9 Å². The van der Waals surface area contributed by atoms with Crippen LogP contribution in [0.3, 0.4) is 0 Å². The van der Waals surface area contributed by atoms with Gasteiger partial charge in [-0.2, -0.15) is 0 Å². The number of halogens is 1. The normalized spacial score (nSPS) is 12.6. The minimum Gasteiger partial charge on any atom is -0.494 e. The van der Waals surface area contributed by atoms with Gasteiger partial charge in [0.05, 0.1) is 6.61 Å². The number of hydrogen-bond acceptors (Lipinski definition) is 2. The molecule has 0 heterocycles. The Morgan fingerprint density at radius 3 is 2.47 bits per heavy atom. The van der Waals surface area contributed by atoms with Gasteiger partial charge in [0.15, 0.2) is 0 Å². The average molecular weight is 284 g/mol. The molecule has 0 aromatic heterocycles. The van der Waals surface area contributed by atoms with Gasteiger partial charge in [0.2, 0.25) is 0 Å². The number of hydrogen-bond donors (Lipinski definition) is 1. The zero-order valence-corrected chi connectivity index (χ0v) is 12.8. The van der Waals surface area contributed by atoms with E-state index in [4.69, 9.17) is 16.3 Å². The standard InChI is InChI=1S/C16H26ClNO/c1-3-14(4-2)16(17)13-18-11-8-12-19-15-9-6-5-7-10-15/h5-7,9-10,14,16,18H,3-4,8,11-13H2,1-2H3. The second-order valence-electron chi connectivity index (χ2n) is 4.81. The number of ether oxygens (including phenoxy) is 1. The van der Waals surface area contributed by atoms with E-state index in [1.54, 1.807) is 0 Å². The monoisotopic (exact) mass is 283 g/mol. The average Bonchev–Trinajstić information content (AvgIpc) is 2.45. The third-order valence-electron chi connectivity index (χ3n) is 3.41. The van der Waals surface area contributed by atoms with Crippen molar-refractivity contribution in [2.75, 3.05) is 19.7 Å². The van der Waals surface area contributed by atoms with Crippen molar-refractivity contribution in [2.24, 2.45) is 5.92 Å². The molecule has 1 unspecified atom stereocenters. The van der Waals surface area contributed by atoms with Crippen LogP contribution in [-0.2, 0) is 0 Å². The molecule has 1 aromatic rings. The fourth-order valence-electron chi connectivity index (χ4n) is 2.11. The Labute approximate surface area is 122 Å². The lowest BCUT2D eigenvalue weighted by Gasteiger charge is -2.19. The van der Waals surface area contributed by atoms with Crippen molar-refractivity contribution >= 4 is 11.6 Å². The second-order valence-corrected chi connectivity index (χ2v) is 5.37. The van der Waals surface area contributed by atoms with Gasteiger partial charge in [0.25, 0.3) is 0 Å². The third-order valence-corrected chi connectivity index (χ3v) is 3.92. The first-order chi connectivity index (χ1) is 9.27. The quantitative estimate of drug-likeness (QED) is 0.516. The molecule has 0 amide bonds. The summed E-state index contributed by atoms with van der Waals surface area (Å²) in [6.45, 7) is 7.00. The first-order valence-corrected chi connectivity index (χ1v) is 7.74. The maximum atomic E-state index is 6.36. The van der Waals surface area contributed by atoms with Crippen LogP contribution >= 0.6 is 11.6 Å². The molecule has 0 radical (unpaired) electrons. The van der Waals surface area contributed by atoms with Gasteiger partial charge in [-0.3, -0.25) is 0 Å². The van der Waals surface area contributed by atoms with E-state index < -0.39 is 0 Å². The summed E-state index contributed by atoms with van der Waals surface area (Å²) < 4.78 is 5.63. The second kappa shape index (κ2) is 10.1. The van der Waals surface area contributed by atoms with Gasteiger partial charge in [-0.25, -0.2) is 0 Å². The van der Waals surface area contributed by atoms with E-state index in [9.17, 15) is 0 Å². The highest BCUT2D eigenvalue weighted by Crippen LogP contribution is 2.17. The lowest BCUT2D eigenvalue weighted by Crippen LogP contribution is -2.29. The van der Waals surface area contributed by atoms with Crippen LogP contribution in [0, 0.1) is 5.92 Å². The third kappa shape index (κ3) is 6.84. The Morgan fingerprint density at radius 1 is 1.16 bits per heavy atom. The van der Waals surface area contributed by atoms with Crippen LogP contribution in [0.15, 0.2) is 30.3 Å². The van der Waals surface area contributed by atoms with Crippen molar-refractivity contribution < 1.29 is 4.74 Å². The highest BCUT2D eigenvalue weighted by Gasteiger charge is 2.14. The molecule has 0 aliphatic carbocycles. The highest BCUT2D eigenvalue weighted by molar-refractivity contribution is 6.21. The molecule has 0 aliphatic rings. The molecule has 2 nitrogen and oxygen atoms in total. The molecule has 0 saturated carbocycles. The zero-order chi connectivity index (χ0) is 13.9. The summed E-state index contributed by atoms with van der Waals surface area (Å²) in [5.41, 5.74) is 0. The van der Waals surface area contributed by atoms with E-state index in [1.165, 1.54) is 0 Å². The minimum absolute atomic E-state index is 0.241. The first-order valence-electron chi connectivity index (χ1n) is 7.30. The molecule has 1 rings (SSSR count). The van der Waals surface area contributed by atoms with Crippen LogP contribution in [0.5, 0.6) is 5.75 Å². The summed E-state index contributed by atoms with van der Waals surface area (Å²) in [6.07, 6.45) is 3.31. The topological polar surface area (TPSA) is 21.3 Å². The van der Waals surface area contributed by atoms with E-state index >= 15 is 0 Å². The summed E-state index contributed by atoms with van der Waals surface area (Å²) in [4.78, 5) is 0. The molecule has 1 atom stereocenters. The molecule has 19 heavy (non-hydrogen) atoms. The zero-order valence-electron chi connectivity index (χ0n) is 12.1. The van der Waals surface area contributed by atoms with Crippen molar-refractivity contribution in [3.05, 3.63) is 30.3 Å². The summed E-state index contributed by atoms with van der Waals surface area (Å²) in [5, 5.41) is 3.65. The van der Waals surface area contributed by atoms with Crippen LogP contribution in [0.25, 0.3) is 0 Å². The van der Waals surface area contributed by atoms with E-state index in [0.29, 0.717) is 5.92 Å². The smallest absolute Gasteiger partial charge is 0.119 e. The van der Waals surface area contributed by atoms with Crippen molar-refractivity contribution in [3.63, 3.8) is 0 Å². The van der Waals surface area contributed by atoms with Crippen molar-refractivity contribution in [1.29, 1.82) is 0 Å². The Balaban J connectivity index is 2.02. The van der Waals surface area contributed by atoms with Crippen LogP contribution < -0.4 is 10.1 Å². The molecule has 108 valence electrons. The van der Waals surface area contributed by atoms with Crippen molar-refractivity contribution in [3.8, 4) is 5.75 Å². The molecule has 1 aromatic carbocycles. The predicted molar refractivity (Wildman–Crippen MR) is 83.1 cm³/mol. The van der Waals surface area contributed by atoms with E-state index in [2.05, 4.69) is 19.2 Å². The molecule has 0 bridgehead atoms. The van der Waals surface area contributed by atoms with Gasteiger partial charge in [0.1, 0.15) is 5.75 Å². The number of alkyl halides is 1. The fourth-order valence-corrected chi connectivity index (χ4v) is 2.58.